The molecule has 0 spiro atoms. The Labute approximate surface area is 148 Å². The van der Waals surface area contributed by atoms with Gasteiger partial charge in [0, 0.05) is 38.8 Å². The minimum absolute atomic E-state index is 0.179. The lowest BCUT2D eigenvalue weighted by molar-refractivity contribution is -0.140. The van der Waals surface area contributed by atoms with E-state index < -0.39 is 0 Å². The van der Waals surface area contributed by atoms with Crippen LogP contribution in [0.1, 0.15) is 47.5 Å². The molecule has 0 radical (unpaired) electrons. The van der Waals surface area contributed by atoms with E-state index in [1.165, 1.54) is 0 Å². The molecule has 5 nitrogen and oxygen atoms in total. The first kappa shape index (κ1) is 19.7. The van der Waals surface area contributed by atoms with E-state index in [1.807, 2.05) is 0 Å². The highest BCUT2D eigenvalue weighted by Gasteiger charge is 2.45. The predicted octanol–water partition coefficient (Wildman–Crippen LogP) is 1.97. The highest BCUT2D eigenvalue weighted by Crippen LogP contribution is 2.36. The number of nitrogens with one attached hydrogen (secondary N) is 1. The number of hydrogen-bond donors (Lipinski definition) is 1. The summed E-state index contributed by atoms with van der Waals surface area (Å²) >= 11 is 0. The maximum Gasteiger partial charge on any atom is 0.227 e. The summed E-state index contributed by atoms with van der Waals surface area (Å²) in [5, 5.41) is 3.21. The summed E-state index contributed by atoms with van der Waals surface area (Å²) in [5.41, 5.74) is -0.0617. The van der Waals surface area contributed by atoms with Crippen molar-refractivity contribution in [2.45, 2.75) is 59.1 Å². The molecule has 0 bridgehead atoms. The number of amides is 1. The zero-order valence-electron chi connectivity index (χ0n) is 16.5. The Hall–Kier alpha value is -0.650. The average molecular weight is 340 g/mol. The minimum atomic E-state index is -0.241. The van der Waals surface area contributed by atoms with Crippen LogP contribution in [-0.4, -0.2) is 73.7 Å². The van der Waals surface area contributed by atoms with Crippen LogP contribution in [0.5, 0.6) is 0 Å². The SMILES string of the molecule is COC1CN(CC2(C(=O)NCC(C)C)CCN(C(C)(C)C)CC2)C1. The summed E-state index contributed by atoms with van der Waals surface area (Å²) < 4.78 is 5.39. The number of nitrogens with zero attached hydrogens (tertiary/aromatic N) is 2. The highest BCUT2D eigenvalue weighted by atomic mass is 16.5. The zero-order chi connectivity index (χ0) is 18.0. The molecule has 1 amide bonds. The Morgan fingerprint density at radius 2 is 1.83 bits per heavy atom. The number of ether oxygens (including phenoxy) is 1. The van der Waals surface area contributed by atoms with E-state index in [-0.39, 0.29) is 16.9 Å². The van der Waals surface area contributed by atoms with Crippen molar-refractivity contribution >= 4 is 5.91 Å². The van der Waals surface area contributed by atoms with E-state index in [4.69, 9.17) is 4.74 Å². The van der Waals surface area contributed by atoms with Gasteiger partial charge in [-0.3, -0.25) is 14.6 Å². The molecule has 1 N–H and O–H groups in total. The summed E-state index contributed by atoms with van der Waals surface area (Å²) in [6, 6.07) is 0. The van der Waals surface area contributed by atoms with Crippen molar-refractivity contribution in [3.8, 4) is 0 Å². The molecule has 24 heavy (non-hydrogen) atoms. The highest BCUT2D eigenvalue weighted by molar-refractivity contribution is 5.83. The van der Waals surface area contributed by atoms with Gasteiger partial charge in [-0.1, -0.05) is 13.8 Å². The number of methoxy groups -OCH3 is 1. The number of carbonyl (C=O) groups is 1. The van der Waals surface area contributed by atoms with Gasteiger partial charge in [0.25, 0.3) is 0 Å². The lowest BCUT2D eigenvalue weighted by Gasteiger charge is -2.49. The summed E-state index contributed by atoms with van der Waals surface area (Å²) in [6.07, 6.45) is 2.24. The van der Waals surface area contributed by atoms with Crippen LogP contribution in [0.25, 0.3) is 0 Å². The molecule has 0 atom stereocenters. The van der Waals surface area contributed by atoms with Crippen molar-refractivity contribution in [1.82, 2.24) is 15.1 Å². The molecule has 0 aromatic heterocycles. The summed E-state index contributed by atoms with van der Waals surface area (Å²) in [5.74, 6) is 0.744. The van der Waals surface area contributed by atoms with Gasteiger partial charge in [-0.25, -0.2) is 0 Å². The van der Waals surface area contributed by atoms with E-state index >= 15 is 0 Å². The first-order chi connectivity index (χ1) is 11.2. The number of carbonyl (C=O) groups excluding carboxylic acids is 1. The second kappa shape index (κ2) is 7.71. The number of likely N-dealkylation sites (tertiary alicyclic amines) is 2. The second-order valence-electron chi connectivity index (χ2n) is 9.09. The molecule has 2 saturated heterocycles. The summed E-state index contributed by atoms with van der Waals surface area (Å²) in [7, 11) is 1.77. The fourth-order valence-electron chi connectivity index (χ4n) is 3.78. The predicted molar refractivity (Wildman–Crippen MR) is 98.1 cm³/mol. The third-order valence-corrected chi connectivity index (χ3v) is 5.61. The fraction of sp³-hybridized carbons (Fsp3) is 0.947. The quantitative estimate of drug-likeness (QED) is 0.804. The third-order valence-electron chi connectivity index (χ3n) is 5.61. The van der Waals surface area contributed by atoms with Gasteiger partial charge >= 0.3 is 0 Å². The Morgan fingerprint density at radius 3 is 2.29 bits per heavy atom. The smallest absolute Gasteiger partial charge is 0.227 e. The van der Waals surface area contributed by atoms with E-state index in [0.717, 1.165) is 52.1 Å². The Bertz CT molecular complexity index is 417. The van der Waals surface area contributed by atoms with Crippen molar-refractivity contribution < 1.29 is 9.53 Å². The minimum Gasteiger partial charge on any atom is -0.379 e. The van der Waals surface area contributed by atoms with Gasteiger partial charge in [0.2, 0.25) is 5.91 Å². The van der Waals surface area contributed by atoms with Gasteiger partial charge in [0.1, 0.15) is 0 Å². The molecule has 0 aliphatic carbocycles. The van der Waals surface area contributed by atoms with Crippen LogP contribution in [0.3, 0.4) is 0 Å². The molecule has 0 unspecified atom stereocenters. The van der Waals surface area contributed by atoms with Gasteiger partial charge in [-0.2, -0.15) is 0 Å². The normalized spacial score (nSPS) is 23.3. The van der Waals surface area contributed by atoms with Gasteiger partial charge < -0.3 is 10.1 Å². The van der Waals surface area contributed by atoms with E-state index in [2.05, 4.69) is 49.7 Å². The first-order valence-electron chi connectivity index (χ1n) is 9.45. The van der Waals surface area contributed by atoms with Gasteiger partial charge in [0.15, 0.2) is 0 Å². The third kappa shape index (κ3) is 4.70. The van der Waals surface area contributed by atoms with E-state index in [9.17, 15) is 4.79 Å². The number of piperidine rings is 1. The van der Waals surface area contributed by atoms with Crippen molar-refractivity contribution in [2.75, 3.05) is 46.4 Å². The molecule has 0 saturated carbocycles. The largest absolute Gasteiger partial charge is 0.379 e. The number of hydrogen-bond acceptors (Lipinski definition) is 4. The topological polar surface area (TPSA) is 44.8 Å². The van der Waals surface area contributed by atoms with E-state index in [0.29, 0.717) is 12.0 Å². The molecule has 2 aliphatic rings. The molecule has 140 valence electrons. The molecule has 2 heterocycles. The zero-order valence-corrected chi connectivity index (χ0v) is 16.5. The van der Waals surface area contributed by atoms with Gasteiger partial charge in [0.05, 0.1) is 11.5 Å². The fourth-order valence-corrected chi connectivity index (χ4v) is 3.78. The Morgan fingerprint density at radius 1 is 1.25 bits per heavy atom. The van der Waals surface area contributed by atoms with Crippen molar-refractivity contribution in [3.05, 3.63) is 0 Å². The molecule has 2 rings (SSSR count). The lowest BCUT2D eigenvalue weighted by atomic mass is 9.75. The van der Waals surface area contributed by atoms with Crippen molar-refractivity contribution in [1.29, 1.82) is 0 Å². The maximum atomic E-state index is 13.0. The molecule has 2 fully saturated rings. The monoisotopic (exact) mass is 339 g/mol. The van der Waals surface area contributed by atoms with Crippen LogP contribution < -0.4 is 5.32 Å². The standard InChI is InChI=1S/C19H37N3O2/c1-15(2)11-20-17(23)19(14-21-12-16(13-21)24-6)7-9-22(10-8-19)18(3,4)5/h15-16H,7-14H2,1-6H3,(H,20,23). The molecule has 0 aromatic rings. The Kier molecular flexibility index (Phi) is 6.32. The van der Waals surface area contributed by atoms with Gasteiger partial charge in [-0.15, -0.1) is 0 Å². The second-order valence-corrected chi connectivity index (χ2v) is 9.09. The molecule has 0 aromatic carbocycles. The Balaban J connectivity index is 2.01. The van der Waals surface area contributed by atoms with Crippen LogP contribution in [0, 0.1) is 11.3 Å². The van der Waals surface area contributed by atoms with Crippen molar-refractivity contribution in [3.63, 3.8) is 0 Å². The molecular weight excluding hydrogens is 302 g/mol. The molecular formula is C19H37N3O2. The molecule has 5 heteroatoms. The first-order valence-corrected chi connectivity index (χ1v) is 9.45. The average Bonchev–Trinajstić information content (AvgIpc) is 2.47. The van der Waals surface area contributed by atoms with E-state index in [1.54, 1.807) is 7.11 Å². The van der Waals surface area contributed by atoms with Crippen LogP contribution in [0.2, 0.25) is 0 Å². The summed E-state index contributed by atoms with van der Waals surface area (Å²) in [6.45, 7) is 16.6. The summed E-state index contributed by atoms with van der Waals surface area (Å²) in [4.78, 5) is 17.9. The van der Waals surface area contributed by atoms with Gasteiger partial charge in [-0.05, 0) is 52.6 Å². The lowest BCUT2D eigenvalue weighted by Crippen LogP contribution is -2.61. The van der Waals surface area contributed by atoms with Crippen LogP contribution in [0.4, 0.5) is 0 Å². The molecule has 2 aliphatic heterocycles. The van der Waals surface area contributed by atoms with Crippen LogP contribution in [-0.2, 0) is 9.53 Å². The van der Waals surface area contributed by atoms with Crippen molar-refractivity contribution in [2.24, 2.45) is 11.3 Å². The van der Waals surface area contributed by atoms with Crippen LogP contribution >= 0.6 is 0 Å². The maximum absolute atomic E-state index is 13.0. The van der Waals surface area contributed by atoms with Crippen LogP contribution in [0.15, 0.2) is 0 Å². The number of rotatable bonds is 6.